The number of aliphatic hydroxyl groups excluding tert-OH is 1. The first-order valence-corrected chi connectivity index (χ1v) is 12.3. The van der Waals surface area contributed by atoms with Crippen LogP contribution < -0.4 is 10.5 Å². The van der Waals surface area contributed by atoms with Crippen molar-refractivity contribution in [2.75, 3.05) is 18.8 Å². The molecule has 7 rings (SSSR count). The minimum Gasteiger partial charge on any atom is -0.402 e. The Morgan fingerprint density at radius 2 is 1.83 bits per heavy atom. The molecule has 12 heteroatoms. The van der Waals surface area contributed by atoms with Gasteiger partial charge in [-0.25, -0.2) is 18.7 Å². The number of aromatic nitrogens is 3. The van der Waals surface area contributed by atoms with Crippen molar-refractivity contribution in [2.45, 2.75) is 74.9 Å². The molecular weight excluding hydrogens is 485 g/mol. The second-order valence-electron chi connectivity index (χ2n) is 10.8. The molecule has 3 heterocycles. The summed E-state index contributed by atoms with van der Waals surface area (Å²) in [5.74, 6) is -2.62. The molecule has 5 fully saturated rings. The molecule has 4 saturated carbocycles. The van der Waals surface area contributed by atoms with Crippen LogP contribution in [-0.4, -0.2) is 56.0 Å². The van der Waals surface area contributed by atoms with E-state index in [2.05, 4.69) is 19.6 Å². The number of aliphatic hydroxyl groups is 1. The number of imidazole rings is 1. The highest BCUT2D eigenvalue weighted by Gasteiger charge is 2.60. The van der Waals surface area contributed by atoms with Crippen molar-refractivity contribution in [3.63, 3.8) is 0 Å². The van der Waals surface area contributed by atoms with Gasteiger partial charge in [0, 0.05) is 55.5 Å². The van der Waals surface area contributed by atoms with Gasteiger partial charge < -0.3 is 20.1 Å². The van der Waals surface area contributed by atoms with E-state index in [0.717, 1.165) is 38.2 Å². The predicted molar refractivity (Wildman–Crippen MR) is 119 cm³/mol. The minimum absolute atomic E-state index is 0.0986. The SMILES string of the molecule is Nc1ncc(-c2cn(C34CC(C3)[C@@H](N3CCC(F)(F)CC3)C4)c(C(O)C3CC3)n2)cc1OC(F)(F)F. The molecule has 0 spiro atoms. The Bertz CT molecular complexity index is 1150. The van der Waals surface area contributed by atoms with Gasteiger partial charge in [0.25, 0.3) is 5.92 Å². The number of likely N-dealkylation sites (tertiary alicyclic amines) is 1. The van der Waals surface area contributed by atoms with E-state index >= 15 is 0 Å². The van der Waals surface area contributed by atoms with Crippen LogP contribution in [0.2, 0.25) is 0 Å². The van der Waals surface area contributed by atoms with E-state index in [1.54, 1.807) is 6.20 Å². The second kappa shape index (κ2) is 8.01. The molecule has 1 saturated heterocycles. The first-order chi connectivity index (χ1) is 16.9. The van der Waals surface area contributed by atoms with E-state index < -0.39 is 24.1 Å². The zero-order valence-electron chi connectivity index (χ0n) is 19.5. The molecule has 1 aliphatic heterocycles. The maximum Gasteiger partial charge on any atom is 0.573 e. The van der Waals surface area contributed by atoms with Gasteiger partial charge in [0.15, 0.2) is 11.6 Å². The van der Waals surface area contributed by atoms with Gasteiger partial charge in [-0.2, -0.15) is 0 Å². The fourth-order valence-corrected chi connectivity index (χ4v) is 6.36. The summed E-state index contributed by atoms with van der Waals surface area (Å²) >= 11 is 0. The number of halogens is 5. The summed E-state index contributed by atoms with van der Waals surface area (Å²) in [6, 6.07) is 1.35. The molecule has 2 aromatic rings. The zero-order chi connectivity index (χ0) is 25.5. The highest BCUT2D eigenvalue weighted by atomic mass is 19.4. The zero-order valence-corrected chi connectivity index (χ0v) is 19.5. The van der Waals surface area contributed by atoms with Crippen LogP contribution in [0, 0.1) is 11.8 Å². The normalized spacial score (nSPS) is 30.7. The second-order valence-corrected chi connectivity index (χ2v) is 10.8. The number of ether oxygens (including phenoxy) is 1. The number of pyridine rings is 1. The van der Waals surface area contributed by atoms with Crippen molar-refractivity contribution in [1.29, 1.82) is 0 Å². The Morgan fingerprint density at radius 3 is 2.47 bits per heavy atom. The number of hydrogen-bond donors (Lipinski definition) is 2. The molecule has 7 nitrogen and oxygen atoms in total. The van der Waals surface area contributed by atoms with Crippen LogP contribution in [0.25, 0.3) is 11.3 Å². The number of piperidine rings is 1. The average Bonchev–Trinajstić information content (AvgIpc) is 3.26. The number of rotatable bonds is 6. The van der Waals surface area contributed by atoms with Gasteiger partial charge in [-0.05, 0) is 50.0 Å². The number of fused-ring (bicyclic) bond motifs is 1. The Hall–Kier alpha value is -2.47. The summed E-state index contributed by atoms with van der Waals surface area (Å²) in [6.45, 7) is 0.742. The Balaban J connectivity index is 1.30. The summed E-state index contributed by atoms with van der Waals surface area (Å²) in [4.78, 5) is 10.7. The Morgan fingerprint density at radius 1 is 1.14 bits per heavy atom. The summed E-state index contributed by atoms with van der Waals surface area (Å²) < 4.78 is 71.9. The highest BCUT2D eigenvalue weighted by molar-refractivity contribution is 5.64. The van der Waals surface area contributed by atoms with Crippen LogP contribution >= 0.6 is 0 Å². The van der Waals surface area contributed by atoms with Gasteiger partial charge in [-0.1, -0.05) is 0 Å². The van der Waals surface area contributed by atoms with Gasteiger partial charge >= 0.3 is 6.36 Å². The number of nitrogen functional groups attached to an aromatic ring is 1. The molecule has 2 bridgehead atoms. The highest BCUT2D eigenvalue weighted by Crippen LogP contribution is 2.60. The number of anilines is 1. The Kier molecular flexibility index (Phi) is 5.32. The van der Waals surface area contributed by atoms with E-state index in [-0.39, 0.29) is 36.2 Å². The van der Waals surface area contributed by atoms with E-state index in [4.69, 9.17) is 5.73 Å². The Labute approximate surface area is 204 Å². The number of alkyl halides is 5. The third-order valence-corrected chi connectivity index (χ3v) is 8.40. The van der Waals surface area contributed by atoms with Crippen molar-refractivity contribution in [3.05, 3.63) is 24.3 Å². The van der Waals surface area contributed by atoms with E-state index in [0.29, 0.717) is 36.1 Å². The molecule has 5 aliphatic rings. The van der Waals surface area contributed by atoms with Gasteiger partial charge in [-0.15, -0.1) is 13.2 Å². The average molecular weight is 514 g/mol. The monoisotopic (exact) mass is 513 g/mol. The van der Waals surface area contributed by atoms with Gasteiger partial charge in [0.2, 0.25) is 0 Å². The molecule has 0 aromatic carbocycles. The van der Waals surface area contributed by atoms with Crippen LogP contribution in [0.5, 0.6) is 5.75 Å². The van der Waals surface area contributed by atoms with Crippen molar-refractivity contribution >= 4 is 5.82 Å². The lowest BCUT2D eigenvalue weighted by Gasteiger charge is -2.42. The molecule has 2 aromatic heterocycles. The third kappa shape index (κ3) is 4.21. The number of nitrogens with zero attached hydrogens (tertiary/aromatic N) is 4. The lowest BCUT2D eigenvalue weighted by Crippen LogP contribution is -2.46. The van der Waals surface area contributed by atoms with Crippen molar-refractivity contribution in [2.24, 2.45) is 11.8 Å². The first-order valence-electron chi connectivity index (χ1n) is 12.3. The summed E-state index contributed by atoms with van der Waals surface area (Å²) in [7, 11) is 0. The molecule has 1 unspecified atom stereocenters. The predicted octanol–water partition coefficient (Wildman–Crippen LogP) is 4.48. The van der Waals surface area contributed by atoms with Gasteiger partial charge in [0.05, 0.1) is 5.69 Å². The molecule has 36 heavy (non-hydrogen) atoms. The van der Waals surface area contributed by atoms with Crippen LogP contribution in [0.1, 0.15) is 56.9 Å². The van der Waals surface area contributed by atoms with Crippen molar-refractivity contribution in [1.82, 2.24) is 19.4 Å². The smallest absolute Gasteiger partial charge is 0.402 e. The maximum absolute atomic E-state index is 13.7. The van der Waals surface area contributed by atoms with Crippen LogP contribution in [-0.2, 0) is 5.54 Å². The van der Waals surface area contributed by atoms with E-state index in [1.165, 1.54) is 6.20 Å². The van der Waals surface area contributed by atoms with Crippen molar-refractivity contribution < 1.29 is 31.8 Å². The fraction of sp³-hybridized carbons (Fsp3) is 0.667. The topological polar surface area (TPSA) is 89.4 Å². The van der Waals surface area contributed by atoms with Gasteiger partial charge in [-0.3, -0.25) is 4.90 Å². The quantitative estimate of drug-likeness (QED) is 0.554. The molecular formula is C24H28F5N5O2. The molecule has 0 radical (unpaired) electrons. The number of hydrogen-bond acceptors (Lipinski definition) is 6. The largest absolute Gasteiger partial charge is 0.573 e. The van der Waals surface area contributed by atoms with Crippen LogP contribution in [0.3, 0.4) is 0 Å². The summed E-state index contributed by atoms with van der Waals surface area (Å²) in [5.41, 5.74) is 5.96. The lowest BCUT2D eigenvalue weighted by molar-refractivity contribution is -0.274. The van der Waals surface area contributed by atoms with E-state index in [9.17, 15) is 27.1 Å². The molecule has 2 atom stereocenters. The summed E-state index contributed by atoms with van der Waals surface area (Å²) in [5, 5.41) is 11.0. The molecule has 3 N–H and O–H groups in total. The molecule has 0 amide bonds. The fourth-order valence-electron chi connectivity index (χ4n) is 6.36. The number of nitrogens with two attached hydrogens (primary N) is 1. The van der Waals surface area contributed by atoms with Crippen LogP contribution in [0.15, 0.2) is 18.5 Å². The first kappa shape index (κ1) is 23.9. The van der Waals surface area contributed by atoms with Crippen molar-refractivity contribution in [3.8, 4) is 17.0 Å². The maximum atomic E-state index is 13.7. The minimum atomic E-state index is -4.92. The summed E-state index contributed by atoms with van der Waals surface area (Å²) in [6.07, 6.45) is 1.40. The van der Waals surface area contributed by atoms with E-state index in [1.807, 2.05) is 4.57 Å². The van der Waals surface area contributed by atoms with Gasteiger partial charge in [0.1, 0.15) is 11.9 Å². The molecule has 196 valence electrons. The van der Waals surface area contributed by atoms with Crippen LogP contribution in [0.4, 0.5) is 27.8 Å². The molecule has 4 aliphatic carbocycles. The standard InChI is InChI=1S/C24H28F5N5O2/c25-23(26)3-5-33(6-4-23)17-10-22(8-15(17)9-22)34-12-16(32-21(34)19(35)13-1-2-13)14-7-18(20(30)31-11-14)36-24(27,28)29/h7,11-13,15,17,19,35H,1-6,8-10H2,(H2,30,31)/t15?,17-,19?,22?/m0/s1. The lowest BCUT2D eigenvalue weighted by atomic mass is 9.76. The third-order valence-electron chi connectivity index (χ3n) is 8.40.